The van der Waals surface area contributed by atoms with Crippen LogP contribution in [0.4, 0.5) is 0 Å². The summed E-state index contributed by atoms with van der Waals surface area (Å²) in [6.07, 6.45) is 9.23. The Morgan fingerprint density at radius 1 is 1.19 bits per heavy atom. The highest BCUT2D eigenvalue weighted by atomic mass is 15.1. The lowest BCUT2D eigenvalue weighted by Gasteiger charge is -2.24. The third-order valence-corrected chi connectivity index (χ3v) is 5.27. The topological polar surface area (TPSA) is 29.9 Å². The van der Waals surface area contributed by atoms with Crippen LogP contribution in [0.25, 0.3) is 0 Å². The van der Waals surface area contributed by atoms with Gasteiger partial charge in [-0.15, -0.1) is 0 Å². The van der Waals surface area contributed by atoms with E-state index in [0.717, 1.165) is 31.3 Å². The van der Waals surface area contributed by atoms with E-state index in [4.69, 9.17) is 4.98 Å². The molecule has 1 aliphatic heterocycles. The van der Waals surface area contributed by atoms with Crippen LogP contribution >= 0.6 is 0 Å². The number of nitrogens with zero attached hydrogens (tertiary/aromatic N) is 2. The van der Waals surface area contributed by atoms with Crippen molar-refractivity contribution >= 4 is 0 Å². The van der Waals surface area contributed by atoms with E-state index >= 15 is 0 Å². The lowest BCUT2D eigenvalue weighted by atomic mass is 10.0. The number of hydrogen-bond donors (Lipinski definition) is 1. The zero-order chi connectivity index (χ0) is 14.8. The molecule has 118 valence electrons. The standard InChI is InChI=1S/C18H31N3/c1-13(2)8-9-14(3)21-17-10-11-19-12-16(17)20-18(21)15-6-4-5-7-15/h13-15,19H,4-12H2,1-3H3. The minimum atomic E-state index is 0.609. The summed E-state index contributed by atoms with van der Waals surface area (Å²) in [5, 5.41) is 3.49. The first kappa shape index (κ1) is 15.1. The Morgan fingerprint density at radius 2 is 1.95 bits per heavy atom. The van der Waals surface area contributed by atoms with Crippen molar-refractivity contribution in [1.29, 1.82) is 0 Å². The summed E-state index contributed by atoms with van der Waals surface area (Å²) in [6, 6.07) is 0.609. The van der Waals surface area contributed by atoms with Gasteiger partial charge in [-0.1, -0.05) is 26.7 Å². The van der Waals surface area contributed by atoms with E-state index in [1.54, 1.807) is 0 Å². The number of imidazole rings is 1. The van der Waals surface area contributed by atoms with E-state index in [2.05, 4.69) is 30.7 Å². The summed E-state index contributed by atoms with van der Waals surface area (Å²) >= 11 is 0. The first-order valence-corrected chi connectivity index (χ1v) is 8.97. The Bertz CT molecular complexity index is 469. The molecule has 0 spiro atoms. The molecule has 1 aliphatic carbocycles. The summed E-state index contributed by atoms with van der Waals surface area (Å²) in [5.41, 5.74) is 2.87. The van der Waals surface area contributed by atoms with Gasteiger partial charge in [-0.25, -0.2) is 4.98 Å². The third kappa shape index (κ3) is 3.18. The van der Waals surface area contributed by atoms with Crippen molar-refractivity contribution in [2.75, 3.05) is 6.54 Å². The van der Waals surface area contributed by atoms with Crippen LogP contribution in [0.5, 0.6) is 0 Å². The number of fused-ring (bicyclic) bond motifs is 1. The Kier molecular flexibility index (Phi) is 4.68. The Hall–Kier alpha value is -0.830. The van der Waals surface area contributed by atoms with Gasteiger partial charge in [0.05, 0.1) is 5.69 Å². The molecule has 1 N–H and O–H groups in total. The van der Waals surface area contributed by atoms with Crippen molar-refractivity contribution in [2.24, 2.45) is 5.92 Å². The monoisotopic (exact) mass is 289 g/mol. The molecule has 1 atom stereocenters. The molecule has 21 heavy (non-hydrogen) atoms. The van der Waals surface area contributed by atoms with Gasteiger partial charge in [0.15, 0.2) is 0 Å². The first-order chi connectivity index (χ1) is 10.2. The fourth-order valence-corrected chi connectivity index (χ4v) is 4.02. The fourth-order valence-electron chi connectivity index (χ4n) is 4.02. The number of hydrogen-bond acceptors (Lipinski definition) is 2. The largest absolute Gasteiger partial charge is 0.329 e. The Labute approximate surface area is 129 Å². The SMILES string of the molecule is CC(C)CCC(C)n1c(C2CCCC2)nc2c1CCNC2. The van der Waals surface area contributed by atoms with Crippen molar-refractivity contribution in [3.63, 3.8) is 0 Å². The van der Waals surface area contributed by atoms with Crippen molar-refractivity contribution in [3.05, 3.63) is 17.2 Å². The van der Waals surface area contributed by atoms with E-state index in [-0.39, 0.29) is 0 Å². The fraction of sp³-hybridized carbons (Fsp3) is 0.833. The number of rotatable bonds is 5. The van der Waals surface area contributed by atoms with Gasteiger partial charge in [-0.2, -0.15) is 0 Å². The molecule has 0 saturated heterocycles. The normalized spacial score (nSPS) is 21.0. The van der Waals surface area contributed by atoms with Crippen LogP contribution in [0, 0.1) is 5.92 Å². The lowest BCUT2D eigenvalue weighted by molar-refractivity contribution is 0.408. The molecule has 2 heterocycles. The van der Waals surface area contributed by atoms with Gasteiger partial charge >= 0.3 is 0 Å². The van der Waals surface area contributed by atoms with E-state index in [9.17, 15) is 0 Å². The molecule has 1 saturated carbocycles. The van der Waals surface area contributed by atoms with Gasteiger partial charge < -0.3 is 9.88 Å². The smallest absolute Gasteiger partial charge is 0.112 e. The average molecular weight is 289 g/mol. The average Bonchev–Trinajstić information content (AvgIpc) is 3.11. The van der Waals surface area contributed by atoms with Crippen LogP contribution in [-0.4, -0.2) is 16.1 Å². The minimum absolute atomic E-state index is 0.609. The molecular formula is C18H31N3. The predicted molar refractivity (Wildman–Crippen MR) is 87.6 cm³/mol. The third-order valence-electron chi connectivity index (χ3n) is 5.27. The quantitative estimate of drug-likeness (QED) is 0.881. The van der Waals surface area contributed by atoms with Gasteiger partial charge in [0.25, 0.3) is 0 Å². The first-order valence-electron chi connectivity index (χ1n) is 8.97. The van der Waals surface area contributed by atoms with Gasteiger partial charge in [0.1, 0.15) is 5.82 Å². The minimum Gasteiger partial charge on any atom is -0.329 e. The summed E-state index contributed by atoms with van der Waals surface area (Å²) in [4.78, 5) is 5.08. The molecule has 1 aromatic heterocycles. The predicted octanol–water partition coefficient (Wildman–Crippen LogP) is 4.18. The maximum atomic E-state index is 5.08. The van der Waals surface area contributed by atoms with E-state index in [1.165, 1.54) is 55.7 Å². The van der Waals surface area contributed by atoms with E-state index < -0.39 is 0 Å². The molecule has 3 nitrogen and oxygen atoms in total. The maximum absolute atomic E-state index is 5.08. The van der Waals surface area contributed by atoms with Gasteiger partial charge in [-0.05, 0) is 38.5 Å². The number of aromatic nitrogens is 2. The molecule has 0 amide bonds. The van der Waals surface area contributed by atoms with Crippen LogP contribution in [0.2, 0.25) is 0 Å². The molecule has 0 aromatic carbocycles. The second-order valence-corrected chi connectivity index (χ2v) is 7.46. The molecule has 1 unspecified atom stereocenters. The van der Waals surface area contributed by atoms with Crippen LogP contribution in [0.15, 0.2) is 0 Å². The van der Waals surface area contributed by atoms with Gasteiger partial charge in [-0.3, -0.25) is 0 Å². The van der Waals surface area contributed by atoms with Gasteiger partial charge in [0, 0.05) is 37.2 Å². The van der Waals surface area contributed by atoms with Crippen molar-refractivity contribution < 1.29 is 0 Å². The maximum Gasteiger partial charge on any atom is 0.112 e. The van der Waals surface area contributed by atoms with E-state index in [1.807, 2.05) is 0 Å². The lowest BCUT2D eigenvalue weighted by Crippen LogP contribution is -2.26. The molecule has 3 heteroatoms. The molecular weight excluding hydrogens is 258 g/mol. The van der Waals surface area contributed by atoms with Crippen molar-refractivity contribution in [2.45, 2.75) is 84.2 Å². The summed E-state index contributed by atoms with van der Waals surface area (Å²) in [7, 11) is 0. The molecule has 0 radical (unpaired) electrons. The highest BCUT2D eigenvalue weighted by Gasteiger charge is 2.28. The van der Waals surface area contributed by atoms with E-state index in [0.29, 0.717) is 6.04 Å². The summed E-state index contributed by atoms with van der Waals surface area (Å²) in [6.45, 7) is 9.15. The highest BCUT2D eigenvalue weighted by molar-refractivity contribution is 5.23. The molecule has 2 aliphatic rings. The highest BCUT2D eigenvalue weighted by Crippen LogP contribution is 2.37. The van der Waals surface area contributed by atoms with Crippen molar-refractivity contribution in [1.82, 2.24) is 14.9 Å². The number of nitrogens with one attached hydrogen (secondary N) is 1. The Balaban J connectivity index is 1.89. The Morgan fingerprint density at radius 3 is 2.67 bits per heavy atom. The van der Waals surface area contributed by atoms with Crippen LogP contribution < -0.4 is 5.32 Å². The molecule has 0 bridgehead atoms. The molecule has 1 fully saturated rings. The zero-order valence-corrected chi connectivity index (χ0v) is 14.0. The second kappa shape index (κ2) is 6.51. The van der Waals surface area contributed by atoms with Gasteiger partial charge in [0.2, 0.25) is 0 Å². The van der Waals surface area contributed by atoms with Crippen LogP contribution in [-0.2, 0) is 13.0 Å². The zero-order valence-electron chi connectivity index (χ0n) is 14.0. The summed E-state index contributed by atoms with van der Waals surface area (Å²) < 4.78 is 2.65. The molecule has 3 rings (SSSR count). The second-order valence-electron chi connectivity index (χ2n) is 7.46. The van der Waals surface area contributed by atoms with Crippen LogP contribution in [0.1, 0.15) is 88.5 Å². The van der Waals surface area contributed by atoms with Crippen molar-refractivity contribution in [3.8, 4) is 0 Å². The van der Waals surface area contributed by atoms with Crippen LogP contribution in [0.3, 0.4) is 0 Å². The summed E-state index contributed by atoms with van der Waals surface area (Å²) in [5.74, 6) is 2.93. The molecule has 1 aromatic rings.